The van der Waals surface area contributed by atoms with Crippen LogP contribution >= 0.6 is 0 Å². The fourth-order valence-corrected chi connectivity index (χ4v) is 2.12. The molecule has 0 saturated carbocycles. The summed E-state index contributed by atoms with van der Waals surface area (Å²) in [6, 6.07) is 7.13. The lowest BCUT2D eigenvalue weighted by atomic mass is 10.1. The van der Waals surface area contributed by atoms with Crippen molar-refractivity contribution in [2.45, 2.75) is 25.8 Å². The summed E-state index contributed by atoms with van der Waals surface area (Å²) in [5.74, 6) is -1.31. The zero-order chi connectivity index (χ0) is 14.5. The first kappa shape index (κ1) is 14.0. The van der Waals surface area contributed by atoms with E-state index in [1.165, 1.54) is 11.0 Å². The summed E-state index contributed by atoms with van der Waals surface area (Å²) in [6.45, 7) is 0.242. The lowest BCUT2D eigenvalue weighted by Gasteiger charge is -2.24. The third-order valence-corrected chi connectivity index (χ3v) is 3.09. The summed E-state index contributed by atoms with van der Waals surface area (Å²) < 4.78 is 0. The Kier molecular flexibility index (Phi) is 4.30. The van der Waals surface area contributed by atoms with Gasteiger partial charge in [-0.15, -0.1) is 0 Å². The predicted molar refractivity (Wildman–Crippen MR) is 72.5 cm³/mol. The molecule has 1 aliphatic heterocycles. The molecule has 0 unspecified atom stereocenters. The van der Waals surface area contributed by atoms with Crippen molar-refractivity contribution in [2.24, 2.45) is 0 Å². The smallest absolute Gasteiger partial charge is 0.328 e. The molecule has 1 N–H and O–H groups in total. The highest BCUT2D eigenvalue weighted by Crippen LogP contribution is 2.17. The Balaban J connectivity index is 2.13. The van der Waals surface area contributed by atoms with Crippen LogP contribution in [0.2, 0.25) is 0 Å². The molecule has 2 rings (SSSR count). The summed E-state index contributed by atoms with van der Waals surface area (Å²) in [7, 11) is 0. The van der Waals surface area contributed by atoms with Crippen LogP contribution in [0, 0.1) is 0 Å². The standard InChI is InChI=1S/C15H15NO4/c17-13-5-2-6-14(18)16(13)10-12-4-1-3-11(9-12)7-8-15(19)20/h1,3-4,7-9H,2,5-6,10H2,(H,19,20). The lowest BCUT2D eigenvalue weighted by Crippen LogP contribution is -2.39. The van der Waals surface area contributed by atoms with Gasteiger partial charge < -0.3 is 5.11 Å². The molecule has 1 saturated heterocycles. The van der Waals surface area contributed by atoms with Crippen molar-refractivity contribution in [3.63, 3.8) is 0 Å². The first-order chi connectivity index (χ1) is 9.56. The van der Waals surface area contributed by atoms with E-state index in [9.17, 15) is 14.4 Å². The molecule has 0 aromatic heterocycles. The maximum absolute atomic E-state index is 11.7. The Bertz CT molecular complexity index is 561. The molecule has 1 aromatic carbocycles. The van der Waals surface area contributed by atoms with E-state index < -0.39 is 5.97 Å². The van der Waals surface area contributed by atoms with E-state index in [0.29, 0.717) is 19.3 Å². The van der Waals surface area contributed by atoms with Crippen LogP contribution in [0.3, 0.4) is 0 Å². The number of rotatable bonds is 4. The Labute approximate surface area is 116 Å². The second-order valence-electron chi connectivity index (χ2n) is 4.64. The second-order valence-corrected chi connectivity index (χ2v) is 4.64. The lowest BCUT2D eigenvalue weighted by molar-refractivity contribution is -0.148. The Morgan fingerprint density at radius 2 is 1.95 bits per heavy atom. The maximum atomic E-state index is 11.7. The van der Waals surface area contributed by atoms with Gasteiger partial charge in [0.1, 0.15) is 0 Å². The largest absolute Gasteiger partial charge is 0.478 e. The summed E-state index contributed by atoms with van der Waals surface area (Å²) in [5.41, 5.74) is 1.53. The number of hydrogen-bond donors (Lipinski definition) is 1. The van der Waals surface area contributed by atoms with Gasteiger partial charge in [0, 0.05) is 18.9 Å². The molecule has 5 nitrogen and oxygen atoms in total. The molecule has 2 amide bonds. The van der Waals surface area contributed by atoms with Gasteiger partial charge in [0.2, 0.25) is 11.8 Å². The quantitative estimate of drug-likeness (QED) is 0.670. The molecule has 1 heterocycles. The van der Waals surface area contributed by atoms with Crippen molar-refractivity contribution in [2.75, 3.05) is 0 Å². The molecule has 0 spiro atoms. The monoisotopic (exact) mass is 273 g/mol. The number of imide groups is 1. The van der Waals surface area contributed by atoms with Crippen LogP contribution in [-0.4, -0.2) is 27.8 Å². The highest BCUT2D eigenvalue weighted by atomic mass is 16.4. The first-order valence-electron chi connectivity index (χ1n) is 6.39. The Hall–Kier alpha value is -2.43. The van der Waals surface area contributed by atoms with Gasteiger partial charge >= 0.3 is 5.97 Å². The van der Waals surface area contributed by atoms with Crippen molar-refractivity contribution in [3.8, 4) is 0 Å². The van der Waals surface area contributed by atoms with Crippen LogP contribution in [0.5, 0.6) is 0 Å². The van der Waals surface area contributed by atoms with E-state index in [4.69, 9.17) is 5.11 Å². The minimum Gasteiger partial charge on any atom is -0.478 e. The molecular formula is C15H15NO4. The average molecular weight is 273 g/mol. The van der Waals surface area contributed by atoms with Crippen molar-refractivity contribution in [1.29, 1.82) is 0 Å². The summed E-state index contributed by atoms with van der Waals surface area (Å²) in [4.78, 5) is 35.2. The van der Waals surface area contributed by atoms with Crippen LogP contribution < -0.4 is 0 Å². The van der Waals surface area contributed by atoms with Gasteiger partial charge in [0.05, 0.1) is 6.54 Å². The molecular weight excluding hydrogens is 258 g/mol. The number of aliphatic carboxylic acids is 1. The highest BCUT2D eigenvalue weighted by molar-refractivity contribution is 5.97. The van der Waals surface area contributed by atoms with Crippen LogP contribution in [0.1, 0.15) is 30.4 Å². The molecule has 0 bridgehead atoms. The van der Waals surface area contributed by atoms with E-state index >= 15 is 0 Å². The van der Waals surface area contributed by atoms with Gasteiger partial charge in [-0.1, -0.05) is 18.2 Å². The van der Waals surface area contributed by atoms with Crippen LogP contribution in [0.4, 0.5) is 0 Å². The van der Waals surface area contributed by atoms with Crippen molar-refractivity contribution in [1.82, 2.24) is 4.90 Å². The summed E-state index contributed by atoms with van der Waals surface area (Å²) in [5, 5.41) is 8.59. The van der Waals surface area contributed by atoms with Crippen molar-refractivity contribution < 1.29 is 19.5 Å². The number of likely N-dealkylation sites (tertiary alicyclic amines) is 1. The number of hydrogen-bond acceptors (Lipinski definition) is 3. The van der Waals surface area contributed by atoms with Crippen molar-refractivity contribution in [3.05, 3.63) is 41.5 Å². The summed E-state index contributed by atoms with van der Waals surface area (Å²) >= 11 is 0. The molecule has 0 radical (unpaired) electrons. The molecule has 20 heavy (non-hydrogen) atoms. The van der Waals surface area contributed by atoms with E-state index in [0.717, 1.165) is 17.2 Å². The Morgan fingerprint density at radius 3 is 2.60 bits per heavy atom. The predicted octanol–water partition coefficient (Wildman–Crippen LogP) is 1.82. The van der Waals surface area contributed by atoms with Crippen LogP contribution in [0.25, 0.3) is 6.08 Å². The van der Waals surface area contributed by atoms with Gasteiger partial charge in [-0.25, -0.2) is 4.79 Å². The zero-order valence-corrected chi connectivity index (χ0v) is 10.9. The Morgan fingerprint density at radius 1 is 1.25 bits per heavy atom. The molecule has 0 aliphatic carbocycles. The number of carbonyl (C=O) groups excluding carboxylic acids is 2. The highest BCUT2D eigenvalue weighted by Gasteiger charge is 2.25. The zero-order valence-electron chi connectivity index (χ0n) is 10.9. The molecule has 1 fully saturated rings. The molecule has 104 valence electrons. The molecule has 1 aromatic rings. The fraction of sp³-hybridized carbons (Fsp3) is 0.267. The average Bonchev–Trinajstić information content (AvgIpc) is 2.41. The van der Waals surface area contributed by atoms with Gasteiger partial charge in [-0.2, -0.15) is 0 Å². The maximum Gasteiger partial charge on any atom is 0.328 e. The minimum atomic E-state index is -1.02. The molecule has 1 aliphatic rings. The number of benzene rings is 1. The normalized spacial score (nSPS) is 15.9. The number of piperidine rings is 1. The van der Waals surface area contributed by atoms with Crippen LogP contribution in [0.15, 0.2) is 30.3 Å². The van der Waals surface area contributed by atoms with E-state index in [2.05, 4.69) is 0 Å². The topological polar surface area (TPSA) is 74.7 Å². The van der Waals surface area contributed by atoms with Gasteiger partial charge in [0.25, 0.3) is 0 Å². The van der Waals surface area contributed by atoms with Crippen LogP contribution in [-0.2, 0) is 20.9 Å². The first-order valence-corrected chi connectivity index (χ1v) is 6.39. The van der Waals surface area contributed by atoms with Gasteiger partial charge in [0.15, 0.2) is 0 Å². The second kappa shape index (κ2) is 6.14. The third-order valence-electron chi connectivity index (χ3n) is 3.09. The number of carbonyl (C=O) groups is 3. The van der Waals surface area contributed by atoms with Gasteiger partial charge in [-0.05, 0) is 29.7 Å². The summed E-state index contributed by atoms with van der Waals surface area (Å²) in [6.07, 6.45) is 3.96. The van der Waals surface area contributed by atoms with E-state index in [1.54, 1.807) is 18.2 Å². The van der Waals surface area contributed by atoms with Crippen molar-refractivity contribution >= 4 is 23.9 Å². The number of carboxylic acids is 1. The van der Waals surface area contributed by atoms with Gasteiger partial charge in [-0.3, -0.25) is 14.5 Å². The minimum absolute atomic E-state index is 0.146. The SMILES string of the molecule is O=C(O)C=Cc1cccc(CN2C(=O)CCCC2=O)c1. The van der Waals surface area contributed by atoms with E-state index in [1.807, 2.05) is 6.07 Å². The van der Waals surface area contributed by atoms with E-state index in [-0.39, 0.29) is 18.4 Å². The number of carboxylic acid groups (broad SMARTS) is 1. The number of nitrogens with zero attached hydrogens (tertiary/aromatic N) is 1. The number of amides is 2. The molecule has 0 atom stereocenters. The third kappa shape index (κ3) is 3.54. The molecule has 5 heteroatoms. The fourth-order valence-electron chi connectivity index (χ4n) is 2.12.